The molecule has 2 aromatic rings. The Hall–Kier alpha value is -1.36. The van der Waals surface area contributed by atoms with Crippen LogP contribution in [0.15, 0.2) is 30.5 Å². The molecule has 1 amide bonds. The summed E-state index contributed by atoms with van der Waals surface area (Å²) in [7, 11) is 0. The summed E-state index contributed by atoms with van der Waals surface area (Å²) < 4.78 is 0. The summed E-state index contributed by atoms with van der Waals surface area (Å²) in [5, 5.41) is 4.36. The third-order valence-electron chi connectivity index (χ3n) is 4.04. The van der Waals surface area contributed by atoms with Gasteiger partial charge in [0.05, 0.1) is 11.1 Å². The van der Waals surface area contributed by atoms with Crippen LogP contribution in [-0.4, -0.2) is 41.5 Å². The number of rotatable bonds is 1. The van der Waals surface area contributed by atoms with Crippen molar-refractivity contribution in [3.8, 4) is 0 Å². The summed E-state index contributed by atoms with van der Waals surface area (Å²) in [4.78, 5) is 19.1. The second-order valence-electron chi connectivity index (χ2n) is 5.37. The number of nitrogens with zero attached hydrogens (tertiary/aromatic N) is 2. The molecule has 1 aromatic carbocycles. The number of para-hydroxylation sites is 1. The van der Waals surface area contributed by atoms with Crippen molar-refractivity contribution in [3.05, 3.63) is 41.6 Å². The molecule has 1 N–H and O–H groups in total. The molecule has 0 unspecified atom stereocenters. The molecular formula is C16H21Cl2N3O. The second kappa shape index (κ2) is 7.77. The summed E-state index contributed by atoms with van der Waals surface area (Å²) in [5.41, 5.74) is 2.68. The zero-order valence-electron chi connectivity index (χ0n) is 12.7. The van der Waals surface area contributed by atoms with E-state index in [0.29, 0.717) is 0 Å². The van der Waals surface area contributed by atoms with Crippen LogP contribution in [0.2, 0.25) is 0 Å². The lowest BCUT2D eigenvalue weighted by molar-refractivity contribution is 0.0655. The smallest absolute Gasteiger partial charge is 0.256 e. The van der Waals surface area contributed by atoms with Crippen LogP contribution < -0.4 is 5.32 Å². The normalized spacial score (nSPS) is 17.5. The molecule has 1 aliphatic heterocycles. The Morgan fingerprint density at radius 2 is 2.05 bits per heavy atom. The topological polar surface area (TPSA) is 45.2 Å². The van der Waals surface area contributed by atoms with Crippen molar-refractivity contribution in [2.75, 3.05) is 19.6 Å². The molecule has 0 spiro atoms. The van der Waals surface area contributed by atoms with E-state index in [-0.39, 0.29) is 36.8 Å². The Morgan fingerprint density at radius 1 is 1.32 bits per heavy atom. The van der Waals surface area contributed by atoms with Gasteiger partial charge in [-0.1, -0.05) is 18.2 Å². The number of benzene rings is 1. The number of hydrogen-bond acceptors (Lipinski definition) is 3. The molecule has 1 aromatic heterocycles. The maximum Gasteiger partial charge on any atom is 0.256 e. The number of hydrogen-bond donors (Lipinski definition) is 1. The van der Waals surface area contributed by atoms with Crippen LogP contribution in [0, 0.1) is 6.92 Å². The Labute approximate surface area is 143 Å². The van der Waals surface area contributed by atoms with E-state index in [9.17, 15) is 4.79 Å². The van der Waals surface area contributed by atoms with E-state index in [1.54, 1.807) is 6.20 Å². The number of amides is 1. The number of aryl methyl sites for hydroxylation is 1. The van der Waals surface area contributed by atoms with Crippen LogP contribution in [0.25, 0.3) is 10.9 Å². The zero-order valence-corrected chi connectivity index (χ0v) is 14.3. The number of pyridine rings is 1. The second-order valence-corrected chi connectivity index (χ2v) is 5.37. The van der Waals surface area contributed by atoms with Gasteiger partial charge in [-0.3, -0.25) is 9.78 Å². The molecule has 1 aliphatic rings. The maximum absolute atomic E-state index is 12.7. The first-order valence-corrected chi connectivity index (χ1v) is 7.04. The quantitative estimate of drug-likeness (QED) is 0.867. The predicted octanol–water partition coefficient (Wildman–Crippen LogP) is 2.82. The molecule has 3 rings (SSSR count). The van der Waals surface area contributed by atoms with Crippen molar-refractivity contribution in [1.29, 1.82) is 0 Å². The van der Waals surface area contributed by atoms with Crippen molar-refractivity contribution in [2.45, 2.75) is 19.9 Å². The van der Waals surface area contributed by atoms with Crippen LogP contribution in [0.3, 0.4) is 0 Å². The van der Waals surface area contributed by atoms with Gasteiger partial charge >= 0.3 is 0 Å². The first-order chi connectivity index (χ1) is 9.68. The third kappa shape index (κ3) is 3.35. The van der Waals surface area contributed by atoms with Crippen LogP contribution >= 0.6 is 24.8 Å². The molecule has 0 saturated carbocycles. The lowest BCUT2D eigenvalue weighted by Gasteiger charge is -2.34. The first kappa shape index (κ1) is 18.7. The van der Waals surface area contributed by atoms with E-state index in [4.69, 9.17) is 0 Å². The molecule has 22 heavy (non-hydrogen) atoms. The number of fused-ring (bicyclic) bond motifs is 1. The van der Waals surface area contributed by atoms with Gasteiger partial charge in [-0.15, -0.1) is 24.8 Å². The van der Waals surface area contributed by atoms with Gasteiger partial charge in [0.1, 0.15) is 0 Å². The van der Waals surface area contributed by atoms with Crippen molar-refractivity contribution in [1.82, 2.24) is 15.2 Å². The molecule has 1 saturated heterocycles. The van der Waals surface area contributed by atoms with E-state index in [0.717, 1.165) is 41.7 Å². The van der Waals surface area contributed by atoms with Crippen LogP contribution in [-0.2, 0) is 0 Å². The van der Waals surface area contributed by atoms with E-state index in [1.165, 1.54) is 0 Å². The minimum atomic E-state index is 0. The van der Waals surface area contributed by atoms with Gasteiger partial charge < -0.3 is 10.2 Å². The molecule has 1 fully saturated rings. The molecule has 120 valence electrons. The van der Waals surface area contributed by atoms with E-state index in [1.807, 2.05) is 36.1 Å². The van der Waals surface area contributed by atoms with Crippen molar-refractivity contribution < 1.29 is 4.79 Å². The molecule has 0 bridgehead atoms. The Bertz CT molecular complexity index is 663. The van der Waals surface area contributed by atoms with Crippen LogP contribution in [0.1, 0.15) is 22.8 Å². The highest BCUT2D eigenvalue weighted by atomic mass is 35.5. The van der Waals surface area contributed by atoms with Crippen molar-refractivity contribution in [2.24, 2.45) is 0 Å². The monoisotopic (exact) mass is 341 g/mol. The number of carbonyl (C=O) groups is 1. The van der Waals surface area contributed by atoms with E-state index >= 15 is 0 Å². The van der Waals surface area contributed by atoms with E-state index in [2.05, 4.69) is 17.2 Å². The molecule has 0 aliphatic carbocycles. The van der Waals surface area contributed by atoms with Gasteiger partial charge in [0.15, 0.2) is 0 Å². The highest BCUT2D eigenvalue weighted by Crippen LogP contribution is 2.21. The SMILES string of the molecule is Cc1c(C(=O)N2CCNC[C@H]2C)cnc2ccccc12.Cl.Cl. The fourth-order valence-corrected chi connectivity index (χ4v) is 2.79. The van der Waals surface area contributed by atoms with Gasteiger partial charge in [0.25, 0.3) is 5.91 Å². The van der Waals surface area contributed by atoms with Crippen molar-refractivity contribution >= 4 is 41.6 Å². The average Bonchev–Trinajstić information content (AvgIpc) is 2.48. The summed E-state index contributed by atoms with van der Waals surface area (Å²) in [6, 6.07) is 8.18. The lowest BCUT2D eigenvalue weighted by Crippen LogP contribution is -2.52. The molecule has 6 heteroatoms. The molecule has 1 atom stereocenters. The van der Waals surface area contributed by atoms with Gasteiger partial charge in [0, 0.05) is 37.3 Å². The van der Waals surface area contributed by atoms with Gasteiger partial charge in [-0.25, -0.2) is 0 Å². The average molecular weight is 342 g/mol. The lowest BCUT2D eigenvalue weighted by atomic mass is 10.0. The van der Waals surface area contributed by atoms with Gasteiger partial charge in [-0.05, 0) is 25.5 Å². The molecule has 4 nitrogen and oxygen atoms in total. The standard InChI is InChI=1S/C16H19N3O.2ClH/c1-11-9-17-7-8-19(11)16(20)14-10-18-15-6-4-3-5-13(15)12(14)2;;/h3-6,10-11,17H,7-9H2,1-2H3;2*1H/t11-;;/m1../s1. The van der Waals surface area contributed by atoms with Gasteiger partial charge in [-0.2, -0.15) is 0 Å². The summed E-state index contributed by atoms with van der Waals surface area (Å²) >= 11 is 0. The first-order valence-electron chi connectivity index (χ1n) is 7.04. The number of aromatic nitrogens is 1. The van der Waals surface area contributed by atoms with Crippen molar-refractivity contribution in [3.63, 3.8) is 0 Å². The van der Waals surface area contributed by atoms with Crippen LogP contribution in [0.4, 0.5) is 0 Å². The Kier molecular flexibility index (Phi) is 6.60. The number of halogens is 2. The minimum Gasteiger partial charge on any atom is -0.333 e. The highest BCUT2D eigenvalue weighted by molar-refractivity contribution is 6.00. The third-order valence-corrected chi connectivity index (χ3v) is 4.04. The van der Waals surface area contributed by atoms with Crippen LogP contribution in [0.5, 0.6) is 0 Å². The summed E-state index contributed by atoms with van der Waals surface area (Å²) in [6.45, 7) is 6.55. The number of carbonyl (C=O) groups excluding carboxylic acids is 1. The largest absolute Gasteiger partial charge is 0.333 e. The Balaban J connectivity index is 0.00000121. The fraction of sp³-hybridized carbons (Fsp3) is 0.375. The predicted molar refractivity (Wildman–Crippen MR) is 94.3 cm³/mol. The number of piperazine rings is 1. The molecule has 2 heterocycles. The Morgan fingerprint density at radius 3 is 2.77 bits per heavy atom. The summed E-state index contributed by atoms with van der Waals surface area (Å²) in [5.74, 6) is 0.0924. The highest BCUT2D eigenvalue weighted by Gasteiger charge is 2.25. The fourth-order valence-electron chi connectivity index (χ4n) is 2.79. The number of nitrogens with one attached hydrogen (secondary N) is 1. The van der Waals surface area contributed by atoms with Gasteiger partial charge in [0.2, 0.25) is 0 Å². The molecule has 0 radical (unpaired) electrons. The molecular weight excluding hydrogens is 321 g/mol. The van der Waals surface area contributed by atoms with E-state index < -0.39 is 0 Å². The summed E-state index contributed by atoms with van der Waals surface area (Å²) in [6.07, 6.45) is 1.72. The zero-order chi connectivity index (χ0) is 14.1. The maximum atomic E-state index is 12.7. The minimum absolute atomic E-state index is 0.